The largest absolute Gasteiger partial charge is 0.286 e. The van der Waals surface area contributed by atoms with Gasteiger partial charge in [-0.15, -0.1) is 6.42 Å². The first-order valence-corrected chi connectivity index (χ1v) is 3.76. The van der Waals surface area contributed by atoms with E-state index in [0.29, 0.717) is 4.47 Å². The van der Waals surface area contributed by atoms with Crippen LogP contribution in [-0.2, 0) is 0 Å². The Morgan fingerprint density at radius 2 is 2.42 bits per heavy atom. The van der Waals surface area contributed by atoms with E-state index in [1.807, 2.05) is 0 Å². The molecular formula is C8H3BrNO2. The van der Waals surface area contributed by atoms with Crippen molar-refractivity contribution < 1.29 is 4.92 Å². The van der Waals surface area contributed by atoms with Crippen LogP contribution in [0, 0.1) is 28.5 Å². The van der Waals surface area contributed by atoms with E-state index in [4.69, 9.17) is 6.42 Å². The Kier molecular flexibility index (Phi) is 2.46. The quantitative estimate of drug-likeness (QED) is 0.417. The van der Waals surface area contributed by atoms with Crippen LogP contribution in [0.1, 0.15) is 5.56 Å². The van der Waals surface area contributed by atoms with Crippen LogP contribution in [0.4, 0.5) is 5.69 Å². The first kappa shape index (κ1) is 8.75. The summed E-state index contributed by atoms with van der Waals surface area (Å²) in [6.07, 6.45) is 5.05. The van der Waals surface area contributed by atoms with Crippen molar-refractivity contribution >= 4 is 21.6 Å². The van der Waals surface area contributed by atoms with E-state index < -0.39 is 4.92 Å². The van der Waals surface area contributed by atoms with Crippen molar-refractivity contribution in [1.29, 1.82) is 0 Å². The third kappa shape index (κ3) is 1.63. The number of hydrogen-bond acceptors (Lipinski definition) is 2. The van der Waals surface area contributed by atoms with Crippen molar-refractivity contribution in [3.8, 4) is 12.3 Å². The highest BCUT2D eigenvalue weighted by atomic mass is 79.9. The fraction of sp³-hybridized carbons (Fsp3) is 0. The van der Waals surface area contributed by atoms with Gasteiger partial charge in [-0.3, -0.25) is 10.1 Å². The lowest BCUT2D eigenvalue weighted by molar-refractivity contribution is -0.385. The normalized spacial score (nSPS) is 9.00. The molecule has 1 rings (SSSR count). The Labute approximate surface area is 77.7 Å². The highest BCUT2D eigenvalue weighted by molar-refractivity contribution is 9.10. The molecule has 0 amide bonds. The topological polar surface area (TPSA) is 43.1 Å². The van der Waals surface area contributed by atoms with Gasteiger partial charge in [-0.1, -0.05) is 5.92 Å². The second-order valence-corrected chi connectivity index (χ2v) is 2.84. The van der Waals surface area contributed by atoms with Crippen LogP contribution >= 0.6 is 15.9 Å². The van der Waals surface area contributed by atoms with Crippen LogP contribution in [0.5, 0.6) is 0 Å². The molecule has 1 radical (unpaired) electrons. The summed E-state index contributed by atoms with van der Waals surface area (Å²) in [4.78, 5) is 9.89. The molecule has 0 saturated carbocycles. The van der Waals surface area contributed by atoms with E-state index in [0.717, 1.165) is 0 Å². The molecule has 0 aliphatic carbocycles. The van der Waals surface area contributed by atoms with E-state index in [1.165, 1.54) is 12.1 Å². The van der Waals surface area contributed by atoms with Crippen LogP contribution in [0.25, 0.3) is 0 Å². The summed E-state index contributed by atoms with van der Waals surface area (Å²) in [6, 6.07) is 5.45. The van der Waals surface area contributed by atoms with Gasteiger partial charge in [0.25, 0.3) is 5.69 Å². The zero-order valence-electron chi connectivity index (χ0n) is 5.87. The van der Waals surface area contributed by atoms with Crippen LogP contribution in [-0.4, -0.2) is 4.92 Å². The van der Waals surface area contributed by atoms with E-state index >= 15 is 0 Å². The maximum Gasteiger partial charge on any atom is 0.286 e. The maximum atomic E-state index is 10.4. The highest BCUT2D eigenvalue weighted by Gasteiger charge is 2.11. The number of hydrogen-bond donors (Lipinski definition) is 0. The molecule has 0 spiro atoms. The van der Waals surface area contributed by atoms with Crippen molar-refractivity contribution in [3.63, 3.8) is 0 Å². The lowest BCUT2D eigenvalue weighted by Crippen LogP contribution is -1.91. The van der Waals surface area contributed by atoms with Crippen LogP contribution < -0.4 is 0 Å². The summed E-state index contributed by atoms with van der Waals surface area (Å²) in [5.74, 6) is 2.21. The Morgan fingerprint density at radius 3 is 2.92 bits per heavy atom. The van der Waals surface area contributed by atoms with Crippen molar-refractivity contribution in [1.82, 2.24) is 0 Å². The molecule has 0 saturated heterocycles. The highest BCUT2D eigenvalue weighted by Crippen LogP contribution is 2.21. The second kappa shape index (κ2) is 3.37. The molecule has 1 aromatic carbocycles. The van der Waals surface area contributed by atoms with Gasteiger partial charge in [0.05, 0.1) is 4.92 Å². The molecular weight excluding hydrogens is 222 g/mol. The SMILES string of the molecule is C#Cc1c[c]c(Br)cc1[N+](=O)[O-]. The molecule has 0 atom stereocenters. The van der Waals surface area contributed by atoms with Gasteiger partial charge in [0.2, 0.25) is 0 Å². The van der Waals surface area contributed by atoms with E-state index in [2.05, 4.69) is 27.9 Å². The Hall–Kier alpha value is -1.34. The molecule has 0 unspecified atom stereocenters. The number of nitrogens with zero attached hydrogens (tertiary/aromatic N) is 1. The van der Waals surface area contributed by atoms with Gasteiger partial charge in [-0.25, -0.2) is 0 Å². The first-order chi connectivity index (χ1) is 5.65. The number of rotatable bonds is 1. The zero-order valence-corrected chi connectivity index (χ0v) is 7.46. The smallest absolute Gasteiger partial charge is 0.258 e. The first-order valence-electron chi connectivity index (χ1n) is 2.97. The van der Waals surface area contributed by atoms with Crippen molar-refractivity contribution in [3.05, 3.63) is 38.3 Å². The standard InChI is InChI=1S/C8H3BrNO2/c1-2-6-3-4-7(9)5-8(6)10(11)12/h1,3,5H. The molecule has 4 heteroatoms. The molecule has 0 aromatic heterocycles. The summed E-state index contributed by atoms with van der Waals surface area (Å²) in [7, 11) is 0. The van der Waals surface area contributed by atoms with Gasteiger partial charge in [-0.2, -0.15) is 0 Å². The molecule has 0 fully saturated rings. The van der Waals surface area contributed by atoms with Crippen molar-refractivity contribution in [2.45, 2.75) is 0 Å². The molecule has 0 aliphatic heterocycles. The lowest BCUT2D eigenvalue weighted by atomic mass is 10.2. The number of terminal acetylenes is 1. The predicted molar refractivity (Wildman–Crippen MR) is 47.6 cm³/mol. The monoisotopic (exact) mass is 224 g/mol. The van der Waals surface area contributed by atoms with Gasteiger partial charge >= 0.3 is 0 Å². The fourth-order valence-corrected chi connectivity index (χ4v) is 1.05. The minimum atomic E-state index is -0.520. The average Bonchev–Trinajstić information content (AvgIpc) is 2.04. The van der Waals surface area contributed by atoms with Crippen molar-refractivity contribution in [2.75, 3.05) is 0 Å². The van der Waals surface area contributed by atoms with Gasteiger partial charge < -0.3 is 0 Å². The van der Waals surface area contributed by atoms with Crippen molar-refractivity contribution in [2.24, 2.45) is 0 Å². The third-order valence-electron chi connectivity index (χ3n) is 1.25. The van der Waals surface area contributed by atoms with E-state index in [1.54, 1.807) is 0 Å². The molecule has 0 heterocycles. The number of halogens is 1. The Balaban J connectivity index is 3.34. The summed E-state index contributed by atoms with van der Waals surface area (Å²) >= 11 is 3.07. The molecule has 12 heavy (non-hydrogen) atoms. The molecule has 59 valence electrons. The van der Waals surface area contributed by atoms with Crippen LogP contribution in [0.3, 0.4) is 0 Å². The fourth-order valence-electron chi connectivity index (χ4n) is 0.721. The summed E-state index contributed by atoms with van der Waals surface area (Å²) in [6.45, 7) is 0. The Morgan fingerprint density at radius 1 is 1.75 bits per heavy atom. The van der Waals surface area contributed by atoms with Gasteiger partial charge in [0, 0.05) is 10.5 Å². The summed E-state index contributed by atoms with van der Waals surface area (Å²) in [5, 5.41) is 10.4. The Bertz CT molecular complexity index is 368. The van der Waals surface area contributed by atoms with E-state index in [9.17, 15) is 10.1 Å². The summed E-state index contributed by atoms with van der Waals surface area (Å²) < 4.78 is 0.521. The van der Waals surface area contributed by atoms with Crippen LogP contribution in [0.2, 0.25) is 0 Å². The van der Waals surface area contributed by atoms with Crippen LogP contribution in [0.15, 0.2) is 16.6 Å². The van der Waals surface area contributed by atoms with Gasteiger partial charge in [0.1, 0.15) is 5.56 Å². The van der Waals surface area contributed by atoms with Gasteiger partial charge in [-0.05, 0) is 28.1 Å². The van der Waals surface area contributed by atoms with Gasteiger partial charge in [0.15, 0.2) is 0 Å². The maximum absolute atomic E-state index is 10.4. The minimum Gasteiger partial charge on any atom is -0.258 e. The predicted octanol–water partition coefficient (Wildman–Crippen LogP) is 2.14. The second-order valence-electron chi connectivity index (χ2n) is 1.98. The molecule has 0 bridgehead atoms. The number of nitro benzene ring substituents is 1. The lowest BCUT2D eigenvalue weighted by Gasteiger charge is -1.94. The minimum absolute atomic E-state index is 0.0804. The number of benzene rings is 1. The average molecular weight is 225 g/mol. The molecule has 3 nitrogen and oxygen atoms in total. The number of nitro groups is 1. The zero-order chi connectivity index (χ0) is 9.14. The van der Waals surface area contributed by atoms with E-state index in [-0.39, 0.29) is 11.3 Å². The molecule has 0 aliphatic rings. The third-order valence-corrected chi connectivity index (χ3v) is 1.70. The molecule has 1 aromatic rings. The molecule has 0 N–H and O–H groups in total. The summed E-state index contributed by atoms with van der Waals surface area (Å²) in [5.41, 5.74) is 0.159.